The number of aliphatic hydroxyl groups is 1. The molecule has 0 aromatic heterocycles. The standard InChI is InChI=1S/C11H16N2O3S/c1-8-3-2-4-10(12)11(8)17(15,16)13-5-9(6-13)7-14/h2-4,9,14H,5-7,12H2,1H3. The fraction of sp³-hybridized carbons (Fsp3) is 0.455. The van der Waals surface area contributed by atoms with E-state index < -0.39 is 10.0 Å². The van der Waals surface area contributed by atoms with E-state index in [0.717, 1.165) is 0 Å². The summed E-state index contributed by atoms with van der Waals surface area (Å²) in [4.78, 5) is 0.191. The predicted molar refractivity (Wildman–Crippen MR) is 64.9 cm³/mol. The molecule has 0 amide bonds. The SMILES string of the molecule is Cc1cccc(N)c1S(=O)(=O)N1CC(CO)C1. The average Bonchev–Trinajstić information content (AvgIpc) is 2.14. The Bertz CT molecular complexity index is 501. The quantitative estimate of drug-likeness (QED) is 0.756. The minimum Gasteiger partial charge on any atom is -0.398 e. The van der Waals surface area contributed by atoms with E-state index in [0.29, 0.717) is 18.7 Å². The van der Waals surface area contributed by atoms with E-state index in [9.17, 15) is 8.42 Å². The Morgan fingerprint density at radius 2 is 2.12 bits per heavy atom. The van der Waals surface area contributed by atoms with Crippen LogP contribution in [-0.4, -0.2) is 37.5 Å². The highest BCUT2D eigenvalue weighted by molar-refractivity contribution is 7.89. The van der Waals surface area contributed by atoms with Crippen molar-refractivity contribution < 1.29 is 13.5 Å². The molecule has 0 aliphatic carbocycles. The van der Waals surface area contributed by atoms with Crippen molar-refractivity contribution in [1.82, 2.24) is 4.31 Å². The van der Waals surface area contributed by atoms with Gasteiger partial charge in [0.25, 0.3) is 0 Å². The highest BCUT2D eigenvalue weighted by Crippen LogP contribution is 2.30. The number of hydrogen-bond donors (Lipinski definition) is 2. The van der Waals surface area contributed by atoms with Gasteiger partial charge in [-0.25, -0.2) is 8.42 Å². The second-order valence-corrected chi connectivity index (χ2v) is 6.24. The van der Waals surface area contributed by atoms with E-state index in [1.165, 1.54) is 4.31 Å². The molecule has 17 heavy (non-hydrogen) atoms. The molecule has 2 rings (SSSR count). The Hall–Kier alpha value is -1.11. The number of nitrogens with zero attached hydrogens (tertiary/aromatic N) is 1. The first-order chi connectivity index (χ1) is 7.96. The van der Waals surface area contributed by atoms with Crippen LogP contribution in [0, 0.1) is 12.8 Å². The Balaban J connectivity index is 2.34. The van der Waals surface area contributed by atoms with Crippen molar-refractivity contribution in [1.29, 1.82) is 0 Å². The van der Waals surface area contributed by atoms with Gasteiger partial charge in [-0.3, -0.25) is 0 Å². The third-order valence-corrected chi connectivity index (χ3v) is 5.07. The third-order valence-electron chi connectivity index (χ3n) is 3.02. The lowest BCUT2D eigenvalue weighted by atomic mass is 10.1. The van der Waals surface area contributed by atoms with E-state index in [4.69, 9.17) is 10.8 Å². The number of sulfonamides is 1. The first-order valence-electron chi connectivity index (χ1n) is 5.43. The fourth-order valence-electron chi connectivity index (χ4n) is 1.99. The van der Waals surface area contributed by atoms with Crippen molar-refractivity contribution in [3.05, 3.63) is 23.8 Å². The maximum absolute atomic E-state index is 12.3. The molecule has 1 aliphatic heterocycles. The molecule has 6 heteroatoms. The molecule has 0 atom stereocenters. The number of aliphatic hydroxyl groups excluding tert-OH is 1. The molecule has 0 radical (unpaired) electrons. The Kier molecular flexibility index (Phi) is 3.11. The minimum absolute atomic E-state index is 0.0231. The topological polar surface area (TPSA) is 83.6 Å². The van der Waals surface area contributed by atoms with Crippen LogP contribution < -0.4 is 5.73 Å². The molecule has 0 unspecified atom stereocenters. The monoisotopic (exact) mass is 256 g/mol. The number of rotatable bonds is 3. The lowest BCUT2D eigenvalue weighted by Crippen LogP contribution is -2.51. The molecule has 1 aliphatic rings. The van der Waals surface area contributed by atoms with Gasteiger partial charge in [-0.2, -0.15) is 4.31 Å². The van der Waals surface area contributed by atoms with Gasteiger partial charge in [0.05, 0.1) is 5.69 Å². The zero-order valence-electron chi connectivity index (χ0n) is 9.63. The van der Waals surface area contributed by atoms with Gasteiger partial charge in [0, 0.05) is 25.6 Å². The first kappa shape index (κ1) is 12.3. The van der Waals surface area contributed by atoms with Gasteiger partial charge in [0.1, 0.15) is 4.90 Å². The van der Waals surface area contributed by atoms with Gasteiger partial charge in [0.2, 0.25) is 10.0 Å². The molecule has 0 saturated carbocycles. The van der Waals surface area contributed by atoms with Crippen LogP contribution in [0.1, 0.15) is 5.56 Å². The summed E-state index contributed by atoms with van der Waals surface area (Å²) >= 11 is 0. The van der Waals surface area contributed by atoms with Crippen molar-refractivity contribution in [2.45, 2.75) is 11.8 Å². The molecule has 94 valence electrons. The van der Waals surface area contributed by atoms with Crippen LogP contribution in [0.15, 0.2) is 23.1 Å². The molecule has 1 aromatic carbocycles. The smallest absolute Gasteiger partial charge is 0.245 e. The highest BCUT2D eigenvalue weighted by Gasteiger charge is 2.37. The van der Waals surface area contributed by atoms with Gasteiger partial charge in [0.15, 0.2) is 0 Å². The van der Waals surface area contributed by atoms with Gasteiger partial charge in [-0.1, -0.05) is 12.1 Å². The summed E-state index contributed by atoms with van der Waals surface area (Å²) in [7, 11) is -3.51. The Labute approximate surface area is 101 Å². The van der Waals surface area contributed by atoms with Crippen LogP contribution >= 0.6 is 0 Å². The summed E-state index contributed by atoms with van der Waals surface area (Å²) in [5.74, 6) is 0.0509. The summed E-state index contributed by atoms with van der Waals surface area (Å²) in [5, 5.41) is 8.90. The first-order valence-corrected chi connectivity index (χ1v) is 6.87. The number of nitrogen functional groups attached to an aromatic ring is 1. The molecule has 1 saturated heterocycles. The van der Waals surface area contributed by atoms with Crippen molar-refractivity contribution >= 4 is 15.7 Å². The molecule has 3 N–H and O–H groups in total. The van der Waals surface area contributed by atoms with Gasteiger partial charge >= 0.3 is 0 Å². The zero-order chi connectivity index (χ0) is 12.6. The summed E-state index contributed by atoms with van der Waals surface area (Å²) in [5.41, 5.74) is 6.66. The highest BCUT2D eigenvalue weighted by atomic mass is 32.2. The average molecular weight is 256 g/mol. The second-order valence-electron chi connectivity index (χ2n) is 4.36. The summed E-state index contributed by atoms with van der Waals surface area (Å²) in [6.45, 7) is 2.49. The minimum atomic E-state index is -3.51. The van der Waals surface area contributed by atoms with Crippen LogP contribution in [-0.2, 0) is 10.0 Å². The largest absolute Gasteiger partial charge is 0.398 e. The van der Waals surface area contributed by atoms with Crippen LogP contribution in [0.3, 0.4) is 0 Å². The summed E-state index contributed by atoms with van der Waals surface area (Å²) in [6.07, 6.45) is 0. The van der Waals surface area contributed by atoms with Crippen LogP contribution in [0.25, 0.3) is 0 Å². The van der Waals surface area contributed by atoms with Crippen LogP contribution in [0.4, 0.5) is 5.69 Å². The molecular formula is C11H16N2O3S. The van der Waals surface area contributed by atoms with Gasteiger partial charge < -0.3 is 10.8 Å². The Morgan fingerprint density at radius 3 is 2.65 bits per heavy atom. The van der Waals surface area contributed by atoms with Crippen molar-refractivity contribution in [3.8, 4) is 0 Å². The molecule has 0 spiro atoms. The van der Waals surface area contributed by atoms with E-state index in [1.807, 2.05) is 0 Å². The lowest BCUT2D eigenvalue weighted by Gasteiger charge is -2.37. The predicted octanol–water partition coefficient (Wildman–Crippen LogP) is 0.190. The van der Waals surface area contributed by atoms with Gasteiger partial charge in [-0.05, 0) is 18.6 Å². The zero-order valence-corrected chi connectivity index (χ0v) is 10.4. The third kappa shape index (κ3) is 2.03. The molecule has 0 bridgehead atoms. The van der Waals surface area contributed by atoms with E-state index in [2.05, 4.69) is 0 Å². The van der Waals surface area contributed by atoms with E-state index in [1.54, 1.807) is 25.1 Å². The van der Waals surface area contributed by atoms with Crippen LogP contribution in [0.5, 0.6) is 0 Å². The molecule has 1 fully saturated rings. The fourth-order valence-corrected chi connectivity index (χ4v) is 3.90. The summed E-state index contributed by atoms with van der Waals surface area (Å²) < 4.78 is 25.9. The second kappa shape index (κ2) is 4.29. The molecule has 1 heterocycles. The summed E-state index contributed by atoms with van der Waals surface area (Å²) in [6, 6.07) is 5.05. The van der Waals surface area contributed by atoms with Crippen molar-refractivity contribution in [3.63, 3.8) is 0 Å². The number of anilines is 1. The number of benzene rings is 1. The normalized spacial score (nSPS) is 18.0. The molecule has 1 aromatic rings. The van der Waals surface area contributed by atoms with E-state index >= 15 is 0 Å². The van der Waals surface area contributed by atoms with Crippen molar-refractivity contribution in [2.75, 3.05) is 25.4 Å². The van der Waals surface area contributed by atoms with Crippen molar-refractivity contribution in [2.24, 2.45) is 5.92 Å². The Morgan fingerprint density at radius 1 is 1.47 bits per heavy atom. The molecular weight excluding hydrogens is 240 g/mol. The van der Waals surface area contributed by atoms with Gasteiger partial charge in [-0.15, -0.1) is 0 Å². The molecule has 5 nitrogen and oxygen atoms in total. The lowest BCUT2D eigenvalue weighted by molar-refractivity contribution is 0.117. The number of nitrogens with two attached hydrogens (primary N) is 1. The van der Waals surface area contributed by atoms with E-state index in [-0.39, 0.29) is 23.1 Å². The van der Waals surface area contributed by atoms with Crippen LogP contribution in [0.2, 0.25) is 0 Å². The maximum atomic E-state index is 12.3. The number of aryl methyl sites for hydroxylation is 1. The number of hydrogen-bond acceptors (Lipinski definition) is 4. The maximum Gasteiger partial charge on any atom is 0.245 e.